The Morgan fingerprint density at radius 2 is 1.71 bits per heavy atom. The van der Waals surface area contributed by atoms with Crippen LogP contribution in [0, 0.1) is 0 Å². The summed E-state index contributed by atoms with van der Waals surface area (Å²) < 4.78 is 10.7. The lowest BCUT2D eigenvalue weighted by Crippen LogP contribution is -2.36. The number of methoxy groups -OCH3 is 2. The summed E-state index contributed by atoms with van der Waals surface area (Å²) in [4.78, 5) is 14.4. The van der Waals surface area contributed by atoms with Crippen LogP contribution in [0.1, 0.15) is 16.7 Å². The normalized spacial score (nSPS) is 13.3. The highest BCUT2D eigenvalue weighted by Crippen LogP contribution is 2.33. The molecule has 3 rings (SSSR count). The highest BCUT2D eigenvalue weighted by Gasteiger charge is 2.22. The third-order valence-electron chi connectivity index (χ3n) is 4.36. The number of fused-ring (bicyclic) bond motifs is 1. The third-order valence-corrected chi connectivity index (χ3v) is 4.36. The van der Waals surface area contributed by atoms with Crippen molar-refractivity contribution in [1.29, 1.82) is 0 Å². The van der Waals surface area contributed by atoms with Gasteiger partial charge in [0, 0.05) is 13.1 Å². The summed E-state index contributed by atoms with van der Waals surface area (Å²) >= 11 is 0. The quantitative estimate of drug-likeness (QED) is 0.937. The first-order chi connectivity index (χ1) is 11.6. The van der Waals surface area contributed by atoms with Crippen LogP contribution in [-0.2, 0) is 24.2 Å². The molecule has 0 aromatic heterocycles. The van der Waals surface area contributed by atoms with Crippen LogP contribution in [0.15, 0.2) is 36.4 Å². The van der Waals surface area contributed by atoms with E-state index in [0.717, 1.165) is 23.3 Å². The zero-order valence-corrected chi connectivity index (χ0v) is 13.9. The molecule has 24 heavy (non-hydrogen) atoms. The first kappa shape index (κ1) is 16.2. The largest absolute Gasteiger partial charge is 0.508 e. The fraction of sp³-hybridized carbons (Fsp3) is 0.316. The summed E-state index contributed by atoms with van der Waals surface area (Å²) in [5, 5.41) is 9.32. The minimum atomic E-state index is 0.0844. The summed E-state index contributed by atoms with van der Waals surface area (Å²) in [7, 11) is 3.24. The SMILES string of the molecule is COc1cc2c(cc1OC)CN(C(=O)Cc1ccc(O)cc1)CC2. The topological polar surface area (TPSA) is 59.0 Å². The summed E-state index contributed by atoms with van der Waals surface area (Å²) in [6.45, 7) is 1.27. The van der Waals surface area contributed by atoms with Gasteiger partial charge in [0.15, 0.2) is 11.5 Å². The molecule has 0 fully saturated rings. The van der Waals surface area contributed by atoms with Crippen molar-refractivity contribution in [3.63, 3.8) is 0 Å². The Morgan fingerprint density at radius 3 is 2.33 bits per heavy atom. The van der Waals surface area contributed by atoms with Gasteiger partial charge in [0.2, 0.25) is 5.91 Å². The van der Waals surface area contributed by atoms with Crippen LogP contribution >= 0.6 is 0 Å². The molecule has 0 saturated carbocycles. The number of phenolic OH excluding ortho intramolecular Hbond substituents is 1. The Balaban J connectivity index is 1.74. The Kier molecular flexibility index (Phi) is 4.60. The van der Waals surface area contributed by atoms with Gasteiger partial charge in [-0.25, -0.2) is 0 Å². The number of carbonyl (C=O) groups excluding carboxylic acids is 1. The summed E-state index contributed by atoms with van der Waals surface area (Å²) in [6, 6.07) is 10.7. The van der Waals surface area contributed by atoms with Gasteiger partial charge in [-0.05, 0) is 47.4 Å². The maximum Gasteiger partial charge on any atom is 0.227 e. The monoisotopic (exact) mass is 327 g/mol. The van der Waals surface area contributed by atoms with E-state index in [1.54, 1.807) is 38.5 Å². The predicted octanol–water partition coefficient (Wildman–Crippen LogP) is 2.54. The van der Waals surface area contributed by atoms with Gasteiger partial charge in [-0.3, -0.25) is 4.79 Å². The zero-order valence-electron chi connectivity index (χ0n) is 13.9. The second kappa shape index (κ2) is 6.83. The van der Waals surface area contributed by atoms with Crippen molar-refractivity contribution in [3.05, 3.63) is 53.1 Å². The molecular formula is C19H21NO4. The number of carbonyl (C=O) groups is 1. The molecule has 2 aromatic rings. The van der Waals surface area contributed by atoms with Gasteiger partial charge in [-0.15, -0.1) is 0 Å². The van der Waals surface area contributed by atoms with Gasteiger partial charge in [-0.1, -0.05) is 12.1 Å². The van der Waals surface area contributed by atoms with Crippen LogP contribution in [0.5, 0.6) is 17.2 Å². The number of nitrogens with zero attached hydrogens (tertiary/aromatic N) is 1. The number of amides is 1. The van der Waals surface area contributed by atoms with E-state index in [9.17, 15) is 9.90 Å². The van der Waals surface area contributed by atoms with Crippen molar-refractivity contribution in [2.45, 2.75) is 19.4 Å². The van der Waals surface area contributed by atoms with E-state index in [2.05, 4.69) is 0 Å². The van der Waals surface area contributed by atoms with E-state index in [1.807, 2.05) is 17.0 Å². The molecule has 1 heterocycles. The molecule has 5 heteroatoms. The molecule has 5 nitrogen and oxygen atoms in total. The summed E-state index contributed by atoms with van der Waals surface area (Å²) in [6.07, 6.45) is 1.14. The lowest BCUT2D eigenvalue weighted by atomic mass is 9.98. The van der Waals surface area contributed by atoms with Crippen molar-refractivity contribution in [3.8, 4) is 17.2 Å². The molecule has 0 unspecified atom stereocenters. The highest BCUT2D eigenvalue weighted by molar-refractivity contribution is 5.79. The van der Waals surface area contributed by atoms with Crippen molar-refractivity contribution in [2.75, 3.05) is 20.8 Å². The minimum absolute atomic E-state index is 0.0844. The number of aromatic hydroxyl groups is 1. The molecule has 2 aromatic carbocycles. The van der Waals surface area contributed by atoms with Crippen LogP contribution in [0.3, 0.4) is 0 Å². The summed E-state index contributed by atoms with van der Waals surface area (Å²) in [5.74, 6) is 1.70. The van der Waals surface area contributed by atoms with Crippen LogP contribution in [-0.4, -0.2) is 36.7 Å². The fourth-order valence-corrected chi connectivity index (χ4v) is 3.00. The van der Waals surface area contributed by atoms with Gasteiger partial charge < -0.3 is 19.5 Å². The maximum absolute atomic E-state index is 12.5. The Morgan fingerprint density at radius 1 is 1.08 bits per heavy atom. The molecule has 1 N–H and O–H groups in total. The third kappa shape index (κ3) is 3.30. The lowest BCUT2D eigenvalue weighted by molar-refractivity contribution is -0.131. The molecule has 1 aliphatic rings. The van der Waals surface area contributed by atoms with Gasteiger partial charge in [0.05, 0.1) is 20.6 Å². The molecule has 0 aliphatic carbocycles. The number of hydrogen-bond acceptors (Lipinski definition) is 4. The molecule has 0 saturated heterocycles. The van der Waals surface area contributed by atoms with E-state index in [0.29, 0.717) is 25.3 Å². The minimum Gasteiger partial charge on any atom is -0.508 e. The average Bonchev–Trinajstić information content (AvgIpc) is 2.61. The van der Waals surface area contributed by atoms with Gasteiger partial charge in [-0.2, -0.15) is 0 Å². The summed E-state index contributed by atoms with van der Waals surface area (Å²) in [5.41, 5.74) is 3.19. The van der Waals surface area contributed by atoms with E-state index < -0.39 is 0 Å². The first-order valence-electron chi connectivity index (χ1n) is 7.90. The number of phenols is 1. The van der Waals surface area contributed by atoms with Crippen LogP contribution in [0.2, 0.25) is 0 Å². The molecule has 126 valence electrons. The van der Waals surface area contributed by atoms with E-state index in [-0.39, 0.29) is 11.7 Å². The van der Waals surface area contributed by atoms with Crippen molar-refractivity contribution in [2.24, 2.45) is 0 Å². The second-order valence-corrected chi connectivity index (χ2v) is 5.88. The fourth-order valence-electron chi connectivity index (χ4n) is 3.00. The molecule has 0 bridgehead atoms. The van der Waals surface area contributed by atoms with E-state index in [1.165, 1.54) is 5.56 Å². The van der Waals surface area contributed by atoms with Crippen molar-refractivity contribution in [1.82, 2.24) is 4.90 Å². The zero-order chi connectivity index (χ0) is 17.1. The van der Waals surface area contributed by atoms with E-state index in [4.69, 9.17) is 9.47 Å². The first-order valence-corrected chi connectivity index (χ1v) is 7.90. The number of hydrogen-bond donors (Lipinski definition) is 1. The number of rotatable bonds is 4. The standard InChI is InChI=1S/C19H21NO4/c1-23-17-10-14-7-8-20(12-15(14)11-18(17)24-2)19(22)9-13-3-5-16(21)6-4-13/h3-6,10-11,21H,7-9,12H2,1-2H3. The van der Waals surface area contributed by atoms with Crippen molar-refractivity contribution >= 4 is 5.91 Å². The highest BCUT2D eigenvalue weighted by atomic mass is 16.5. The van der Waals surface area contributed by atoms with Crippen molar-refractivity contribution < 1.29 is 19.4 Å². The maximum atomic E-state index is 12.5. The van der Waals surface area contributed by atoms with Gasteiger partial charge >= 0.3 is 0 Å². The number of benzene rings is 2. The molecule has 0 radical (unpaired) electrons. The van der Waals surface area contributed by atoms with E-state index >= 15 is 0 Å². The Labute approximate surface area is 141 Å². The molecule has 0 spiro atoms. The average molecular weight is 327 g/mol. The smallest absolute Gasteiger partial charge is 0.227 e. The van der Waals surface area contributed by atoms with Gasteiger partial charge in [0.25, 0.3) is 0 Å². The number of ether oxygens (including phenoxy) is 2. The Hall–Kier alpha value is -2.69. The van der Waals surface area contributed by atoms with Crippen LogP contribution in [0.4, 0.5) is 0 Å². The lowest BCUT2D eigenvalue weighted by Gasteiger charge is -2.29. The molecular weight excluding hydrogens is 306 g/mol. The second-order valence-electron chi connectivity index (χ2n) is 5.88. The molecule has 1 amide bonds. The van der Waals surface area contributed by atoms with Gasteiger partial charge in [0.1, 0.15) is 5.75 Å². The molecule has 0 atom stereocenters. The Bertz CT molecular complexity index is 740. The predicted molar refractivity (Wildman–Crippen MR) is 90.5 cm³/mol. The van der Waals surface area contributed by atoms with Crippen LogP contribution in [0.25, 0.3) is 0 Å². The van der Waals surface area contributed by atoms with Crippen LogP contribution < -0.4 is 9.47 Å². The molecule has 1 aliphatic heterocycles.